The minimum absolute atomic E-state index is 0. The van der Waals surface area contributed by atoms with Gasteiger partial charge in [0.25, 0.3) is 0 Å². The molecule has 50 heavy (non-hydrogen) atoms. The number of hydrogen-bond acceptors (Lipinski definition) is 15. The first-order valence-corrected chi connectivity index (χ1v) is 15.8. The van der Waals surface area contributed by atoms with Gasteiger partial charge in [-0.25, -0.2) is 13.2 Å². The number of rotatable bonds is 13. The summed E-state index contributed by atoms with van der Waals surface area (Å²) in [5.74, 6) is -3.78. The van der Waals surface area contributed by atoms with Gasteiger partial charge in [0.1, 0.15) is 34.9 Å². The second kappa shape index (κ2) is 18.3. The molecule has 2 heterocycles. The van der Waals surface area contributed by atoms with E-state index in [1.807, 2.05) is 0 Å². The number of carboxylic acid groups (broad SMARTS) is 1. The molecule has 3 aromatic rings. The Bertz CT molecular complexity index is 1800. The summed E-state index contributed by atoms with van der Waals surface area (Å²) in [6.07, 6.45) is -3.29. The third kappa shape index (κ3) is 10.5. The van der Waals surface area contributed by atoms with Gasteiger partial charge in [-0.3, -0.25) is 4.57 Å². The minimum Gasteiger partial charge on any atom is -0.548 e. The van der Waals surface area contributed by atoms with Gasteiger partial charge in [-0.2, -0.15) is 13.8 Å². The predicted octanol–water partition coefficient (Wildman–Crippen LogP) is -2.82. The third-order valence-corrected chi connectivity index (χ3v) is 8.20. The summed E-state index contributed by atoms with van der Waals surface area (Å²) in [6, 6.07) is 9.05. The number of carboxylic acids is 1. The van der Waals surface area contributed by atoms with E-state index in [4.69, 9.17) is 34.5 Å². The molecule has 2 aromatic carbocycles. The molecular weight excluding hydrogens is 701 g/mol. The largest absolute Gasteiger partial charge is 1.00 e. The second-order valence-corrected chi connectivity index (χ2v) is 12.1. The van der Waals surface area contributed by atoms with Crippen molar-refractivity contribution in [2.24, 2.45) is 0 Å². The van der Waals surface area contributed by atoms with Gasteiger partial charge in [-0.15, -0.1) is 0 Å². The molecule has 268 valence electrons. The molecule has 1 aromatic heterocycles. The zero-order valence-electron chi connectivity index (χ0n) is 27.7. The molecular formula is C30H35F2N4NaO12S. The first-order valence-electron chi connectivity index (χ1n) is 14.1. The second-order valence-electron chi connectivity index (χ2n) is 10.2. The van der Waals surface area contributed by atoms with Crippen LogP contribution < -0.4 is 70.4 Å². The van der Waals surface area contributed by atoms with Crippen LogP contribution in [0.15, 0.2) is 52.8 Å². The number of alkyl halides is 2. The zero-order chi connectivity index (χ0) is 36.5. The topological polar surface area (TPSA) is 234 Å². The number of aliphatic carboxylic acids is 1. The van der Waals surface area contributed by atoms with Crippen LogP contribution >= 0.6 is 0 Å². The summed E-state index contributed by atoms with van der Waals surface area (Å²) < 4.78 is 79.0. The molecule has 1 fully saturated rings. The van der Waals surface area contributed by atoms with E-state index < -0.39 is 59.0 Å². The standard InChI is InChI=1S/C21H25NO8S.C9H11F2N3O4.Na/c1-27-15-10-19(29-3)16(20(11-15)30-4)7-8-31(25,26)13-14-5-6-18(28-2)17(9-14)22-12-21(23)24;10-9(11)6(16)4(3-15)18-7(9)14-2-1-5(12)13-8(14)17;/h5-11,22H,12-13H2,1-4H3,(H,23,24);1-2,4,6-7,15-16H,3H2,(H2,12,13,17);/q;;+1/p-1/b8-7+;;/t;4-,6-,7-;/m.1./s1. The molecule has 16 nitrogen and oxygen atoms in total. The van der Waals surface area contributed by atoms with Crippen molar-refractivity contribution in [1.82, 2.24) is 9.55 Å². The van der Waals surface area contributed by atoms with Crippen molar-refractivity contribution in [3.63, 3.8) is 0 Å². The number of methoxy groups -OCH3 is 4. The molecule has 1 aliphatic heterocycles. The molecule has 1 aliphatic rings. The number of nitrogens with zero attached hydrogens (tertiary/aromatic N) is 2. The van der Waals surface area contributed by atoms with E-state index in [-0.39, 0.29) is 41.1 Å². The monoisotopic (exact) mass is 736 g/mol. The van der Waals surface area contributed by atoms with Crippen LogP contribution in [0.1, 0.15) is 17.4 Å². The maximum Gasteiger partial charge on any atom is 1.00 e. The molecule has 3 atom stereocenters. The molecule has 4 rings (SSSR count). The molecule has 1 saturated heterocycles. The van der Waals surface area contributed by atoms with Gasteiger partial charge in [0.2, 0.25) is 6.23 Å². The first-order chi connectivity index (χ1) is 23.1. The summed E-state index contributed by atoms with van der Waals surface area (Å²) in [5.41, 5.74) is 5.45. The average molecular weight is 737 g/mol. The van der Waals surface area contributed by atoms with Crippen LogP contribution in [0.4, 0.5) is 20.3 Å². The summed E-state index contributed by atoms with van der Waals surface area (Å²) >= 11 is 0. The van der Waals surface area contributed by atoms with Gasteiger partial charge in [0.05, 0.1) is 64.6 Å². The number of benzene rings is 2. The Kier molecular flexibility index (Phi) is 15.5. The number of hydrogen-bond donors (Lipinski definition) is 4. The van der Waals surface area contributed by atoms with Crippen LogP contribution in [0.25, 0.3) is 6.08 Å². The first kappa shape index (κ1) is 42.2. The van der Waals surface area contributed by atoms with E-state index in [0.29, 0.717) is 44.4 Å². The van der Waals surface area contributed by atoms with Crippen molar-refractivity contribution in [1.29, 1.82) is 0 Å². The van der Waals surface area contributed by atoms with E-state index in [2.05, 4.69) is 10.3 Å². The van der Waals surface area contributed by atoms with E-state index in [0.717, 1.165) is 17.7 Å². The van der Waals surface area contributed by atoms with Gasteiger partial charge >= 0.3 is 41.2 Å². The van der Waals surface area contributed by atoms with Crippen LogP contribution in [0.5, 0.6) is 23.0 Å². The average Bonchev–Trinajstić information content (AvgIpc) is 3.29. The number of aliphatic hydroxyl groups is 2. The van der Waals surface area contributed by atoms with Gasteiger partial charge in [-0.05, 0) is 29.8 Å². The zero-order valence-corrected chi connectivity index (χ0v) is 30.5. The Morgan fingerprint density at radius 3 is 2.22 bits per heavy atom. The van der Waals surface area contributed by atoms with Gasteiger partial charge in [0.15, 0.2) is 15.9 Å². The molecule has 0 unspecified atom stereocenters. The summed E-state index contributed by atoms with van der Waals surface area (Å²) in [6.45, 7) is -1.23. The maximum absolute atomic E-state index is 13.7. The maximum atomic E-state index is 13.7. The molecule has 0 saturated carbocycles. The molecule has 0 amide bonds. The molecule has 5 N–H and O–H groups in total. The Labute approximate surface area is 307 Å². The van der Waals surface area contributed by atoms with Gasteiger partial charge < -0.3 is 54.8 Å². The molecule has 0 aliphatic carbocycles. The summed E-state index contributed by atoms with van der Waals surface area (Å²) in [4.78, 5) is 25.4. The Hall–Kier alpha value is -3.98. The molecule has 20 heteroatoms. The number of aromatic nitrogens is 2. The number of nitrogens with two attached hydrogens (primary N) is 1. The van der Waals surface area contributed by atoms with E-state index in [1.54, 1.807) is 24.3 Å². The Balaban J connectivity index is 0.000000387. The number of carbonyl (C=O) groups is 1. The Morgan fingerprint density at radius 1 is 1.10 bits per heavy atom. The number of carbonyl (C=O) groups excluding carboxylic acids is 1. The van der Waals surface area contributed by atoms with E-state index in [1.165, 1.54) is 40.6 Å². The van der Waals surface area contributed by atoms with Crippen molar-refractivity contribution >= 4 is 33.4 Å². The molecule has 0 spiro atoms. The van der Waals surface area contributed by atoms with Crippen LogP contribution in [-0.4, -0.2) is 93.9 Å². The summed E-state index contributed by atoms with van der Waals surface area (Å²) in [5, 5.41) is 32.5. The summed E-state index contributed by atoms with van der Waals surface area (Å²) in [7, 11) is 2.15. The van der Waals surface area contributed by atoms with E-state index >= 15 is 0 Å². The fraction of sp³-hybridized carbons (Fsp3) is 0.367. The minimum atomic E-state index is -3.71. The number of aliphatic hydroxyl groups excluding tert-OH is 2. The van der Waals surface area contributed by atoms with Crippen molar-refractivity contribution in [3.8, 4) is 23.0 Å². The van der Waals surface area contributed by atoms with Crippen molar-refractivity contribution < 1.29 is 90.6 Å². The van der Waals surface area contributed by atoms with E-state index in [9.17, 15) is 37.0 Å². The number of ether oxygens (including phenoxy) is 5. The quantitative estimate of drug-likeness (QED) is 0.130. The van der Waals surface area contributed by atoms with Crippen molar-refractivity contribution in [2.75, 3.05) is 52.6 Å². The smallest absolute Gasteiger partial charge is 0.548 e. The van der Waals surface area contributed by atoms with Gasteiger partial charge in [-0.1, -0.05) is 6.07 Å². The fourth-order valence-corrected chi connectivity index (χ4v) is 5.61. The van der Waals surface area contributed by atoms with Crippen LogP contribution in [-0.2, 0) is 25.1 Å². The molecule has 0 bridgehead atoms. The number of sulfone groups is 1. The van der Waals surface area contributed by atoms with Gasteiger partial charge in [0, 0.05) is 23.7 Å². The van der Waals surface area contributed by atoms with Crippen LogP contribution in [0.3, 0.4) is 0 Å². The normalized spacial score (nSPS) is 18.0. The van der Waals surface area contributed by atoms with Crippen molar-refractivity contribution in [2.45, 2.75) is 30.1 Å². The number of nitrogen functional groups attached to an aromatic ring is 1. The number of anilines is 2. The van der Waals surface area contributed by atoms with Crippen LogP contribution in [0.2, 0.25) is 0 Å². The van der Waals surface area contributed by atoms with Crippen molar-refractivity contribution in [3.05, 3.63) is 69.6 Å². The Morgan fingerprint density at radius 2 is 1.72 bits per heavy atom. The molecule has 0 radical (unpaired) electrons. The number of halogens is 2. The third-order valence-electron chi connectivity index (χ3n) is 6.91. The van der Waals surface area contributed by atoms with Crippen LogP contribution in [0, 0.1) is 0 Å². The predicted molar refractivity (Wildman–Crippen MR) is 169 cm³/mol. The fourth-order valence-electron chi connectivity index (χ4n) is 4.52. The number of nitrogens with one attached hydrogen (secondary N) is 1. The SMILES string of the molecule is COc1cc(OC)c(/C=C/S(=O)(=O)Cc2ccc(OC)c(NCC(=O)[O-])c2)c(OC)c1.Nc1ccn([C@@H]2O[C@H](CO)[C@@H](O)C2(F)F)c(=O)n1.[Na+].